The third kappa shape index (κ3) is 3.71. The van der Waals surface area contributed by atoms with Gasteiger partial charge >= 0.3 is 5.97 Å². The number of hydrogen-bond acceptors (Lipinski definition) is 3. The maximum atomic E-state index is 13.1. The summed E-state index contributed by atoms with van der Waals surface area (Å²) < 4.78 is 12.2. The van der Waals surface area contributed by atoms with Crippen LogP contribution in [0.25, 0.3) is 0 Å². The minimum atomic E-state index is -2.00. The van der Waals surface area contributed by atoms with Gasteiger partial charge in [0.1, 0.15) is 0 Å². The number of esters is 1. The number of benzene rings is 1. The van der Waals surface area contributed by atoms with Crippen LogP contribution in [0, 0.1) is 5.41 Å². The number of hydrogen-bond donors (Lipinski definition) is 0. The summed E-state index contributed by atoms with van der Waals surface area (Å²) in [7, 11) is -2.00. The van der Waals surface area contributed by atoms with Crippen LogP contribution in [0.3, 0.4) is 0 Å². The van der Waals surface area contributed by atoms with Crippen molar-refractivity contribution in [3.8, 4) is 0 Å². The molecule has 3 nitrogen and oxygen atoms in total. The van der Waals surface area contributed by atoms with E-state index >= 15 is 0 Å². The normalized spacial score (nSPS) is 25.9. The molecular weight excluding hydrogens is 364 g/mol. The number of allylic oxidation sites excluding steroid dienone is 2. The number of ether oxygens (including phenoxy) is 1. The van der Waals surface area contributed by atoms with E-state index in [1.807, 2.05) is 32.0 Å². The molecule has 0 N–H and O–H groups in total. The first-order valence-electron chi connectivity index (χ1n) is 10.1. The van der Waals surface area contributed by atoms with E-state index in [0.717, 1.165) is 16.9 Å². The second-order valence-corrected chi connectivity index (χ2v) is 14.4. The monoisotopic (exact) mass is 400 g/mol. The summed E-state index contributed by atoms with van der Waals surface area (Å²) in [6.45, 7) is 21.8. The topological polar surface area (TPSA) is 35.5 Å². The van der Waals surface area contributed by atoms with Crippen LogP contribution >= 0.6 is 0 Å². The number of rotatable bonds is 5. The van der Waals surface area contributed by atoms with Gasteiger partial charge in [-0.3, -0.25) is 4.79 Å². The largest absolute Gasteiger partial charge is 0.546 e. The molecule has 2 unspecified atom stereocenters. The number of carbonyl (C=O) groups is 1. The van der Waals surface area contributed by atoms with Crippen LogP contribution in [0.15, 0.2) is 54.3 Å². The van der Waals surface area contributed by atoms with E-state index in [-0.39, 0.29) is 11.0 Å². The zero-order valence-corrected chi connectivity index (χ0v) is 19.8. The fourth-order valence-electron chi connectivity index (χ4n) is 3.61. The van der Waals surface area contributed by atoms with Crippen molar-refractivity contribution in [2.24, 2.45) is 5.41 Å². The molecule has 0 saturated carbocycles. The first-order valence-corrected chi connectivity index (χ1v) is 13.0. The van der Waals surface area contributed by atoms with Gasteiger partial charge in [-0.1, -0.05) is 70.2 Å². The minimum Gasteiger partial charge on any atom is -0.546 e. The van der Waals surface area contributed by atoms with Crippen molar-refractivity contribution in [2.45, 2.75) is 71.5 Å². The Morgan fingerprint density at radius 3 is 2.25 bits per heavy atom. The van der Waals surface area contributed by atoms with Gasteiger partial charge in [-0.05, 0) is 43.6 Å². The fraction of sp³-hybridized carbons (Fsp3) is 0.542. The smallest absolute Gasteiger partial charge is 0.317 e. The molecule has 0 fully saturated rings. The van der Waals surface area contributed by atoms with E-state index in [4.69, 9.17) is 9.16 Å². The molecular formula is C24H36O3Si. The van der Waals surface area contributed by atoms with Crippen LogP contribution in [-0.2, 0) is 19.4 Å². The lowest BCUT2D eigenvalue weighted by atomic mass is 9.55. The van der Waals surface area contributed by atoms with Crippen LogP contribution in [-0.4, -0.2) is 20.9 Å². The Bertz CT molecular complexity index is 773. The standard InChI is InChI=1S/C24H36O3Si/c1-10-26-21(25)24(7)18(2)16-20(27-28(8,9)22(3,4)5)17-23(24,6)19-14-12-11-13-15-19/h11-15,17H,2,10,16H2,1,3-9H3. The Morgan fingerprint density at radius 2 is 1.75 bits per heavy atom. The fourth-order valence-corrected chi connectivity index (χ4v) is 4.70. The number of carbonyl (C=O) groups excluding carboxylic acids is 1. The van der Waals surface area contributed by atoms with Crippen molar-refractivity contribution >= 4 is 14.3 Å². The molecule has 0 aliphatic heterocycles. The quantitative estimate of drug-likeness (QED) is 0.327. The van der Waals surface area contributed by atoms with Gasteiger partial charge in [-0.15, -0.1) is 0 Å². The second kappa shape index (κ2) is 7.55. The van der Waals surface area contributed by atoms with Crippen LogP contribution in [0.5, 0.6) is 0 Å². The molecule has 2 rings (SSSR count). The van der Waals surface area contributed by atoms with Gasteiger partial charge in [0.05, 0.1) is 17.8 Å². The zero-order valence-electron chi connectivity index (χ0n) is 18.8. The molecule has 28 heavy (non-hydrogen) atoms. The summed E-state index contributed by atoms with van der Waals surface area (Å²) in [5.41, 5.74) is 0.439. The van der Waals surface area contributed by atoms with E-state index in [1.54, 1.807) is 0 Å². The van der Waals surface area contributed by atoms with Gasteiger partial charge in [0.2, 0.25) is 8.32 Å². The Kier molecular flexibility index (Phi) is 6.06. The highest BCUT2D eigenvalue weighted by Crippen LogP contribution is 2.54. The summed E-state index contributed by atoms with van der Waals surface area (Å²) in [6, 6.07) is 10.1. The maximum Gasteiger partial charge on any atom is 0.317 e. The molecule has 0 bridgehead atoms. The Hall–Kier alpha value is -1.81. The van der Waals surface area contributed by atoms with E-state index in [2.05, 4.69) is 65.6 Å². The van der Waals surface area contributed by atoms with E-state index in [9.17, 15) is 4.79 Å². The molecule has 0 radical (unpaired) electrons. The summed E-state index contributed by atoms with van der Waals surface area (Å²) in [6.07, 6.45) is 2.71. The van der Waals surface area contributed by atoms with Crippen molar-refractivity contribution in [1.29, 1.82) is 0 Å². The van der Waals surface area contributed by atoms with Gasteiger partial charge in [0.15, 0.2) is 0 Å². The van der Waals surface area contributed by atoms with E-state index in [1.165, 1.54) is 0 Å². The van der Waals surface area contributed by atoms with Crippen molar-refractivity contribution in [2.75, 3.05) is 6.61 Å². The summed E-state index contributed by atoms with van der Waals surface area (Å²) in [4.78, 5) is 13.1. The van der Waals surface area contributed by atoms with Crippen LogP contribution < -0.4 is 0 Å². The van der Waals surface area contributed by atoms with Crippen molar-refractivity contribution in [1.82, 2.24) is 0 Å². The predicted octanol–water partition coefficient (Wildman–Crippen LogP) is 6.38. The third-order valence-corrected chi connectivity index (χ3v) is 11.2. The van der Waals surface area contributed by atoms with Gasteiger partial charge < -0.3 is 9.16 Å². The van der Waals surface area contributed by atoms with E-state index < -0.39 is 19.1 Å². The molecule has 0 saturated heterocycles. The Morgan fingerprint density at radius 1 is 1.18 bits per heavy atom. The van der Waals surface area contributed by atoms with Crippen molar-refractivity contribution < 1.29 is 14.0 Å². The van der Waals surface area contributed by atoms with Crippen molar-refractivity contribution in [3.63, 3.8) is 0 Å². The average Bonchev–Trinajstić information content (AvgIpc) is 2.59. The summed E-state index contributed by atoms with van der Waals surface area (Å²) in [5, 5.41) is 0.0974. The first-order chi connectivity index (χ1) is 12.8. The SMILES string of the molecule is C=C1CC(O[Si](C)(C)C(C)(C)C)=CC(C)(c2ccccc2)C1(C)C(=O)OCC. The van der Waals surface area contributed by atoms with Gasteiger partial charge in [0, 0.05) is 11.8 Å². The summed E-state index contributed by atoms with van der Waals surface area (Å²) in [5.74, 6) is 0.693. The lowest BCUT2D eigenvalue weighted by Crippen LogP contribution is -2.51. The minimum absolute atomic E-state index is 0.0974. The molecule has 0 aromatic heterocycles. The molecule has 1 aliphatic rings. The molecule has 0 amide bonds. The van der Waals surface area contributed by atoms with Crippen molar-refractivity contribution in [3.05, 3.63) is 59.9 Å². The summed E-state index contributed by atoms with van der Waals surface area (Å²) >= 11 is 0. The molecule has 0 spiro atoms. The lowest BCUT2D eigenvalue weighted by Gasteiger charge is -2.49. The highest BCUT2D eigenvalue weighted by molar-refractivity contribution is 6.74. The molecule has 154 valence electrons. The highest BCUT2D eigenvalue weighted by atomic mass is 28.4. The van der Waals surface area contributed by atoms with E-state index in [0.29, 0.717) is 13.0 Å². The van der Waals surface area contributed by atoms with Gasteiger partial charge in [0.25, 0.3) is 0 Å². The first kappa shape index (κ1) is 22.5. The maximum absolute atomic E-state index is 13.1. The van der Waals surface area contributed by atoms with Crippen LogP contribution in [0.1, 0.15) is 53.5 Å². The second-order valence-electron chi connectivity index (χ2n) is 9.67. The van der Waals surface area contributed by atoms with Crippen LogP contribution in [0.2, 0.25) is 18.1 Å². The predicted molar refractivity (Wildman–Crippen MR) is 119 cm³/mol. The molecule has 1 aromatic rings. The third-order valence-electron chi connectivity index (χ3n) is 6.83. The average molecular weight is 401 g/mol. The molecule has 0 heterocycles. The molecule has 1 aliphatic carbocycles. The zero-order chi connectivity index (χ0) is 21.4. The van der Waals surface area contributed by atoms with Gasteiger partial charge in [-0.25, -0.2) is 0 Å². The molecule has 1 aromatic carbocycles. The van der Waals surface area contributed by atoms with Crippen LogP contribution in [0.4, 0.5) is 0 Å². The molecule has 2 atom stereocenters. The lowest BCUT2D eigenvalue weighted by molar-refractivity contribution is -0.155. The van der Waals surface area contributed by atoms with Gasteiger partial charge in [-0.2, -0.15) is 0 Å². The molecule has 4 heteroatoms. The Balaban J connectivity index is 2.63. The Labute approximate surface area is 172 Å². The highest BCUT2D eigenvalue weighted by Gasteiger charge is 2.56.